The molecule has 2 atom stereocenters. The first-order valence-corrected chi connectivity index (χ1v) is 7.05. The molecule has 0 heterocycles. The summed E-state index contributed by atoms with van der Waals surface area (Å²) in [5.74, 6) is 2.11. The van der Waals surface area contributed by atoms with E-state index in [0.717, 1.165) is 12.3 Å². The van der Waals surface area contributed by atoms with Gasteiger partial charge in [0.1, 0.15) is 0 Å². The largest absolute Gasteiger partial charge is 0.303 e. The molecule has 0 spiro atoms. The fraction of sp³-hybridized carbons (Fsp3) is 0.600. The van der Waals surface area contributed by atoms with Crippen molar-refractivity contribution in [3.63, 3.8) is 0 Å². The van der Waals surface area contributed by atoms with E-state index in [0.29, 0.717) is 17.9 Å². The van der Waals surface area contributed by atoms with Crippen molar-refractivity contribution in [1.29, 1.82) is 0 Å². The maximum absolute atomic E-state index is 4.50. The first-order valence-electron chi connectivity index (χ1n) is 6.42. The fourth-order valence-electron chi connectivity index (χ4n) is 2.02. The molecular formula is C15H25NS. The molecule has 0 saturated heterocycles. The minimum Gasteiger partial charge on any atom is -0.303 e. The second-order valence-electron chi connectivity index (χ2n) is 5.21. The quantitative estimate of drug-likeness (QED) is 0.755. The second kappa shape index (κ2) is 7.07. The number of likely N-dealkylation sites (N-methyl/N-ethyl adjacent to an activating group) is 1. The zero-order valence-corrected chi connectivity index (χ0v) is 12.3. The van der Waals surface area contributed by atoms with Gasteiger partial charge in [-0.3, -0.25) is 0 Å². The summed E-state index contributed by atoms with van der Waals surface area (Å²) in [6.45, 7) is 7.93. The second-order valence-corrected chi connectivity index (χ2v) is 5.58. The lowest BCUT2D eigenvalue weighted by molar-refractivity contribution is 0.200. The van der Waals surface area contributed by atoms with Crippen LogP contribution in [-0.4, -0.2) is 30.3 Å². The molecule has 0 N–H and O–H groups in total. The third-order valence-electron chi connectivity index (χ3n) is 3.66. The van der Waals surface area contributed by atoms with Gasteiger partial charge in [0.25, 0.3) is 0 Å². The van der Waals surface area contributed by atoms with Crippen LogP contribution in [0.5, 0.6) is 0 Å². The highest BCUT2D eigenvalue weighted by Gasteiger charge is 2.18. The van der Waals surface area contributed by atoms with Gasteiger partial charge in [-0.15, -0.1) is 0 Å². The molecule has 0 radical (unpaired) electrons. The van der Waals surface area contributed by atoms with Crippen LogP contribution >= 0.6 is 12.6 Å². The summed E-state index contributed by atoms with van der Waals surface area (Å²) in [6, 6.07) is 11.3. The molecule has 0 bridgehead atoms. The van der Waals surface area contributed by atoms with E-state index in [1.807, 2.05) is 0 Å². The van der Waals surface area contributed by atoms with E-state index in [1.54, 1.807) is 0 Å². The summed E-state index contributed by atoms with van der Waals surface area (Å²) in [6.07, 6.45) is 0. The van der Waals surface area contributed by atoms with Gasteiger partial charge < -0.3 is 4.90 Å². The van der Waals surface area contributed by atoms with Crippen LogP contribution in [0.4, 0.5) is 0 Å². The summed E-state index contributed by atoms with van der Waals surface area (Å²) < 4.78 is 0. The molecule has 2 unspecified atom stereocenters. The molecule has 1 nitrogen and oxygen atoms in total. The van der Waals surface area contributed by atoms with Crippen LogP contribution in [0.2, 0.25) is 0 Å². The SMILES string of the molecule is CC(C)C(C)N(C)CC(CS)c1ccccc1. The Bertz CT molecular complexity index is 310. The smallest absolute Gasteiger partial charge is 0.00871 e. The highest BCUT2D eigenvalue weighted by Crippen LogP contribution is 2.20. The van der Waals surface area contributed by atoms with Gasteiger partial charge in [-0.2, -0.15) is 12.6 Å². The highest BCUT2D eigenvalue weighted by atomic mass is 32.1. The number of nitrogens with zero attached hydrogens (tertiary/aromatic N) is 1. The van der Waals surface area contributed by atoms with E-state index in [9.17, 15) is 0 Å². The number of hydrogen-bond donors (Lipinski definition) is 1. The van der Waals surface area contributed by atoms with Crippen LogP contribution in [-0.2, 0) is 0 Å². The molecule has 0 saturated carbocycles. The van der Waals surface area contributed by atoms with Gasteiger partial charge in [0.05, 0.1) is 0 Å². The van der Waals surface area contributed by atoms with E-state index >= 15 is 0 Å². The average Bonchev–Trinajstić information content (AvgIpc) is 2.35. The topological polar surface area (TPSA) is 3.24 Å². The molecule has 1 aromatic carbocycles. The molecule has 96 valence electrons. The lowest BCUT2D eigenvalue weighted by Crippen LogP contribution is -2.36. The monoisotopic (exact) mass is 251 g/mol. The van der Waals surface area contributed by atoms with Crippen LogP contribution < -0.4 is 0 Å². The molecule has 2 heteroatoms. The van der Waals surface area contributed by atoms with Gasteiger partial charge >= 0.3 is 0 Å². The van der Waals surface area contributed by atoms with E-state index in [4.69, 9.17) is 0 Å². The van der Waals surface area contributed by atoms with Crippen LogP contribution in [0.25, 0.3) is 0 Å². The fourth-order valence-corrected chi connectivity index (χ4v) is 2.34. The van der Waals surface area contributed by atoms with Crippen molar-refractivity contribution in [1.82, 2.24) is 4.90 Å². The first-order chi connectivity index (χ1) is 8.06. The average molecular weight is 251 g/mol. The molecule has 0 fully saturated rings. The molecule has 0 aliphatic rings. The Hall–Kier alpha value is -0.470. The summed E-state index contributed by atoms with van der Waals surface area (Å²) in [5, 5.41) is 0. The molecule has 0 amide bonds. The zero-order valence-electron chi connectivity index (χ0n) is 11.4. The van der Waals surface area contributed by atoms with Gasteiger partial charge in [-0.1, -0.05) is 44.2 Å². The summed E-state index contributed by atoms with van der Waals surface area (Å²) >= 11 is 4.50. The molecule has 0 aliphatic carbocycles. The third-order valence-corrected chi connectivity index (χ3v) is 4.10. The third kappa shape index (κ3) is 4.36. The molecule has 1 aromatic rings. The van der Waals surface area contributed by atoms with Crippen molar-refractivity contribution in [2.75, 3.05) is 19.3 Å². The molecular weight excluding hydrogens is 226 g/mol. The molecule has 0 aliphatic heterocycles. The Labute approximate surface area is 112 Å². The van der Waals surface area contributed by atoms with Gasteiger partial charge in [0.2, 0.25) is 0 Å². The maximum Gasteiger partial charge on any atom is 0.00871 e. The first kappa shape index (κ1) is 14.6. The predicted octanol–water partition coefficient (Wildman–Crippen LogP) is 3.68. The number of thiol groups is 1. The molecule has 17 heavy (non-hydrogen) atoms. The molecule has 0 aromatic heterocycles. The lowest BCUT2D eigenvalue weighted by Gasteiger charge is -2.31. The van der Waals surface area contributed by atoms with Crippen LogP contribution in [0.15, 0.2) is 30.3 Å². The number of hydrogen-bond acceptors (Lipinski definition) is 2. The van der Waals surface area contributed by atoms with Crippen molar-refractivity contribution in [3.05, 3.63) is 35.9 Å². The van der Waals surface area contributed by atoms with Crippen molar-refractivity contribution in [2.24, 2.45) is 5.92 Å². The van der Waals surface area contributed by atoms with E-state index in [1.165, 1.54) is 5.56 Å². The summed E-state index contributed by atoms with van der Waals surface area (Å²) in [7, 11) is 2.21. The van der Waals surface area contributed by atoms with Gasteiger partial charge in [0.15, 0.2) is 0 Å². The van der Waals surface area contributed by atoms with Crippen molar-refractivity contribution < 1.29 is 0 Å². The van der Waals surface area contributed by atoms with Crippen LogP contribution in [0.1, 0.15) is 32.3 Å². The Kier molecular flexibility index (Phi) is 6.07. The Balaban J connectivity index is 2.65. The van der Waals surface area contributed by atoms with Gasteiger partial charge in [-0.05, 0) is 31.2 Å². The zero-order chi connectivity index (χ0) is 12.8. The van der Waals surface area contributed by atoms with Crippen molar-refractivity contribution in [2.45, 2.75) is 32.7 Å². The molecule has 1 rings (SSSR count). The van der Waals surface area contributed by atoms with Gasteiger partial charge in [0, 0.05) is 18.5 Å². The Morgan fingerprint density at radius 1 is 1.12 bits per heavy atom. The van der Waals surface area contributed by atoms with Crippen LogP contribution in [0.3, 0.4) is 0 Å². The van der Waals surface area contributed by atoms with Crippen molar-refractivity contribution >= 4 is 12.6 Å². The standard InChI is InChI=1S/C15H25NS/c1-12(2)13(3)16(4)10-15(11-17)14-8-6-5-7-9-14/h5-9,12-13,15,17H,10-11H2,1-4H3. The van der Waals surface area contributed by atoms with E-state index < -0.39 is 0 Å². The Morgan fingerprint density at radius 2 is 1.71 bits per heavy atom. The lowest BCUT2D eigenvalue weighted by atomic mass is 9.98. The predicted molar refractivity (Wildman–Crippen MR) is 80.0 cm³/mol. The normalized spacial score (nSPS) is 15.2. The van der Waals surface area contributed by atoms with Crippen LogP contribution in [0, 0.1) is 5.92 Å². The van der Waals surface area contributed by atoms with Crippen molar-refractivity contribution in [3.8, 4) is 0 Å². The van der Waals surface area contributed by atoms with Gasteiger partial charge in [-0.25, -0.2) is 0 Å². The van der Waals surface area contributed by atoms with E-state index in [-0.39, 0.29) is 0 Å². The summed E-state index contributed by atoms with van der Waals surface area (Å²) in [5.41, 5.74) is 1.39. The summed E-state index contributed by atoms with van der Waals surface area (Å²) in [4.78, 5) is 2.44. The minimum absolute atomic E-state index is 0.519. The number of rotatable bonds is 6. The number of benzene rings is 1. The van der Waals surface area contributed by atoms with E-state index in [2.05, 4.69) is 75.7 Å². The minimum atomic E-state index is 0.519. The highest BCUT2D eigenvalue weighted by molar-refractivity contribution is 7.80. The maximum atomic E-state index is 4.50. The Morgan fingerprint density at radius 3 is 2.18 bits per heavy atom.